The minimum absolute atomic E-state index is 0.0218. The van der Waals surface area contributed by atoms with Gasteiger partial charge in [-0.05, 0) is 57.4 Å². The molecule has 1 atom stereocenters. The Bertz CT molecular complexity index is 668. The number of nitrogens with zero attached hydrogens (tertiary/aromatic N) is 2. The lowest BCUT2D eigenvalue weighted by Crippen LogP contribution is -2.29. The van der Waals surface area contributed by atoms with Crippen LogP contribution in [0.5, 0.6) is 0 Å². The van der Waals surface area contributed by atoms with Crippen molar-refractivity contribution in [3.63, 3.8) is 0 Å². The Labute approximate surface area is 119 Å². The summed E-state index contributed by atoms with van der Waals surface area (Å²) in [6.07, 6.45) is 1.18. The molecule has 2 heterocycles. The van der Waals surface area contributed by atoms with E-state index in [1.54, 1.807) is 0 Å². The summed E-state index contributed by atoms with van der Waals surface area (Å²) in [6, 6.07) is 6.77. The monoisotopic (exact) mass is 273 g/mol. The second kappa shape index (κ2) is 5.09. The highest BCUT2D eigenvalue weighted by atomic mass is 16.1. The molecule has 1 unspecified atom stereocenters. The van der Waals surface area contributed by atoms with Crippen LogP contribution >= 0.6 is 0 Å². The molecule has 1 aromatic carbocycles. The van der Waals surface area contributed by atoms with Gasteiger partial charge in [0.25, 0.3) is 0 Å². The predicted octanol–water partition coefficient (Wildman–Crippen LogP) is 2.37. The van der Waals surface area contributed by atoms with E-state index in [1.807, 2.05) is 17.6 Å². The number of H-pyrrole nitrogens is 1. The molecule has 0 aliphatic carbocycles. The van der Waals surface area contributed by atoms with E-state index in [0.29, 0.717) is 12.0 Å². The zero-order valence-electron chi connectivity index (χ0n) is 12.5. The highest BCUT2D eigenvalue weighted by Gasteiger charge is 2.25. The van der Waals surface area contributed by atoms with Crippen molar-refractivity contribution in [2.45, 2.75) is 39.8 Å². The molecule has 1 saturated heterocycles. The number of aromatic amines is 1. The Kier molecular flexibility index (Phi) is 3.42. The maximum Gasteiger partial charge on any atom is 0.326 e. The first-order chi connectivity index (χ1) is 9.54. The van der Waals surface area contributed by atoms with Crippen LogP contribution in [0.3, 0.4) is 0 Å². The van der Waals surface area contributed by atoms with Gasteiger partial charge in [-0.25, -0.2) is 4.79 Å². The van der Waals surface area contributed by atoms with Gasteiger partial charge in [0, 0.05) is 19.1 Å². The zero-order chi connectivity index (χ0) is 14.3. The van der Waals surface area contributed by atoms with Gasteiger partial charge in [-0.3, -0.25) is 4.57 Å². The van der Waals surface area contributed by atoms with Gasteiger partial charge in [0.1, 0.15) is 0 Å². The standard InChI is InChI=1S/C16H23N3O/c1-11(2)18-7-6-13(9-18)10-19-15-5-4-12(3)8-14(15)17-16(19)20/h4-5,8,11,13H,6-7,9-10H2,1-3H3,(H,17,20). The highest BCUT2D eigenvalue weighted by molar-refractivity contribution is 5.75. The second-order valence-corrected chi connectivity index (χ2v) is 6.30. The fraction of sp³-hybridized carbons (Fsp3) is 0.562. The Morgan fingerprint density at radius 3 is 2.90 bits per heavy atom. The fourth-order valence-corrected chi connectivity index (χ4v) is 3.20. The molecular formula is C16H23N3O. The number of hydrogen-bond donors (Lipinski definition) is 1. The molecule has 0 amide bonds. The maximum atomic E-state index is 12.1. The first kappa shape index (κ1) is 13.4. The number of likely N-dealkylation sites (tertiary alicyclic amines) is 1. The molecule has 3 rings (SSSR count). The number of aromatic nitrogens is 2. The minimum atomic E-state index is 0.0218. The summed E-state index contributed by atoms with van der Waals surface area (Å²) in [4.78, 5) is 17.6. The molecule has 1 aromatic heterocycles. The highest BCUT2D eigenvalue weighted by Crippen LogP contribution is 2.21. The molecule has 0 radical (unpaired) electrons. The fourth-order valence-electron chi connectivity index (χ4n) is 3.20. The lowest BCUT2D eigenvalue weighted by Gasteiger charge is -2.20. The number of fused-ring (bicyclic) bond motifs is 1. The third kappa shape index (κ3) is 2.40. The third-order valence-electron chi connectivity index (χ3n) is 4.42. The van der Waals surface area contributed by atoms with Gasteiger partial charge < -0.3 is 9.88 Å². The number of imidazole rings is 1. The summed E-state index contributed by atoms with van der Waals surface area (Å²) in [7, 11) is 0. The van der Waals surface area contributed by atoms with Crippen LogP contribution in [0.25, 0.3) is 11.0 Å². The summed E-state index contributed by atoms with van der Waals surface area (Å²) >= 11 is 0. The topological polar surface area (TPSA) is 41.0 Å². The molecule has 0 spiro atoms. The number of benzene rings is 1. The molecule has 0 saturated carbocycles. The Morgan fingerprint density at radius 2 is 2.20 bits per heavy atom. The first-order valence-corrected chi connectivity index (χ1v) is 7.48. The smallest absolute Gasteiger partial charge is 0.306 e. The van der Waals surface area contributed by atoms with Gasteiger partial charge in [0.2, 0.25) is 0 Å². The van der Waals surface area contributed by atoms with E-state index >= 15 is 0 Å². The molecule has 1 aliphatic rings. The van der Waals surface area contributed by atoms with Crippen LogP contribution in [0, 0.1) is 12.8 Å². The van der Waals surface area contributed by atoms with E-state index in [9.17, 15) is 4.79 Å². The Morgan fingerprint density at radius 1 is 1.40 bits per heavy atom. The molecule has 2 aromatic rings. The van der Waals surface area contributed by atoms with Crippen molar-refractivity contribution in [2.75, 3.05) is 13.1 Å². The molecule has 0 bridgehead atoms. The van der Waals surface area contributed by atoms with Crippen LogP contribution in [0.2, 0.25) is 0 Å². The first-order valence-electron chi connectivity index (χ1n) is 7.48. The van der Waals surface area contributed by atoms with E-state index < -0.39 is 0 Å². The molecular weight excluding hydrogens is 250 g/mol. The van der Waals surface area contributed by atoms with Gasteiger partial charge in [0.05, 0.1) is 11.0 Å². The van der Waals surface area contributed by atoms with E-state index in [-0.39, 0.29) is 5.69 Å². The number of hydrogen-bond acceptors (Lipinski definition) is 2. The summed E-state index contributed by atoms with van der Waals surface area (Å²) in [6.45, 7) is 9.60. The van der Waals surface area contributed by atoms with Crippen molar-refractivity contribution in [1.29, 1.82) is 0 Å². The van der Waals surface area contributed by atoms with Crippen LogP contribution in [0.4, 0.5) is 0 Å². The number of nitrogens with one attached hydrogen (secondary N) is 1. The lowest BCUT2D eigenvalue weighted by molar-refractivity contribution is 0.261. The molecule has 108 valence electrons. The third-order valence-corrected chi connectivity index (χ3v) is 4.42. The van der Waals surface area contributed by atoms with Crippen molar-refractivity contribution in [1.82, 2.24) is 14.5 Å². The van der Waals surface area contributed by atoms with Crippen molar-refractivity contribution in [3.8, 4) is 0 Å². The van der Waals surface area contributed by atoms with E-state index in [0.717, 1.165) is 30.7 Å². The van der Waals surface area contributed by atoms with Crippen LogP contribution in [-0.4, -0.2) is 33.6 Å². The van der Waals surface area contributed by atoms with E-state index in [2.05, 4.69) is 35.9 Å². The molecule has 1 fully saturated rings. The van der Waals surface area contributed by atoms with Gasteiger partial charge in [-0.15, -0.1) is 0 Å². The minimum Gasteiger partial charge on any atom is -0.306 e. The summed E-state index contributed by atoms with van der Waals surface area (Å²) in [5, 5.41) is 0. The van der Waals surface area contributed by atoms with Gasteiger partial charge in [-0.2, -0.15) is 0 Å². The maximum absolute atomic E-state index is 12.1. The number of rotatable bonds is 3. The summed E-state index contributed by atoms with van der Waals surface area (Å²) in [5.74, 6) is 0.579. The van der Waals surface area contributed by atoms with Gasteiger partial charge >= 0.3 is 5.69 Å². The van der Waals surface area contributed by atoms with Crippen LogP contribution in [0.15, 0.2) is 23.0 Å². The van der Waals surface area contributed by atoms with Crippen molar-refractivity contribution >= 4 is 11.0 Å². The average Bonchev–Trinajstić information content (AvgIpc) is 2.96. The van der Waals surface area contributed by atoms with Crippen LogP contribution in [-0.2, 0) is 6.54 Å². The normalized spacial score (nSPS) is 20.3. The zero-order valence-corrected chi connectivity index (χ0v) is 12.5. The second-order valence-electron chi connectivity index (χ2n) is 6.30. The summed E-state index contributed by atoms with van der Waals surface area (Å²) < 4.78 is 1.91. The molecule has 4 nitrogen and oxygen atoms in total. The Hall–Kier alpha value is -1.55. The molecule has 1 N–H and O–H groups in total. The van der Waals surface area contributed by atoms with Gasteiger partial charge in [-0.1, -0.05) is 6.07 Å². The van der Waals surface area contributed by atoms with E-state index in [4.69, 9.17) is 0 Å². The molecule has 20 heavy (non-hydrogen) atoms. The Balaban J connectivity index is 1.85. The number of aryl methyl sites for hydroxylation is 1. The van der Waals surface area contributed by atoms with E-state index in [1.165, 1.54) is 12.0 Å². The van der Waals surface area contributed by atoms with Crippen molar-refractivity contribution in [3.05, 3.63) is 34.2 Å². The SMILES string of the molecule is Cc1ccc2c(c1)[nH]c(=O)n2CC1CCN(C(C)C)C1. The predicted molar refractivity (Wildman–Crippen MR) is 82.1 cm³/mol. The van der Waals surface area contributed by atoms with Crippen molar-refractivity contribution in [2.24, 2.45) is 5.92 Å². The van der Waals surface area contributed by atoms with Crippen LogP contribution < -0.4 is 5.69 Å². The quantitative estimate of drug-likeness (QED) is 0.932. The van der Waals surface area contributed by atoms with Crippen LogP contribution in [0.1, 0.15) is 25.8 Å². The summed E-state index contributed by atoms with van der Waals surface area (Å²) in [5.41, 5.74) is 3.18. The van der Waals surface area contributed by atoms with Gasteiger partial charge in [0.15, 0.2) is 0 Å². The average molecular weight is 273 g/mol. The van der Waals surface area contributed by atoms with Crippen molar-refractivity contribution < 1.29 is 0 Å². The largest absolute Gasteiger partial charge is 0.326 e. The molecule has 4 heteroatoms. The lowest BCUT2D eigenvalue weighted by atomic mass is 10.1. The molecule has 1 aliphatic heterocycles.